The van der Waals surface area contributed by atoms with Gasteiger partial charge in [-0.2, -0.15) is 9.83 Å². The number of hydrogen-bond donors (Lipinski definition) is 0. The minimum Gasteiger partial charge on any atom is -1.00 e. The predicted molar refractivity (Wildman–Crippen MR) is 64.6 cm³/mol. The highest BCUT2D eigenvalue weighted by molar-refractivity contribution is 9.10. The molecule has 2 nitrogen and oxygen atoms in total. The van der Waals surface area contributed by atoms with E-state index in [1.165, 1.54) is 0 Å². The number of benzene rings is 1. The summed E-state index contributed by atoms with van der Waals surface area (Å²) in [6.45, 7) is 0.700. The lowest BCUT2D eigenvalue weighted by molar-refractivity contribution is -0.699. The van der Waals surface area contributed by atoms with Crippen molar-refractivity contribution in [3.63, 3.8) is 0 Å². The van der Waals surface area contributed by atoms with Crippen LogP contribution in [0.25, 0.3) is 0 Å². The smallest absolute Gasteiger partial charge is 0.248 e. The molecular formula is C13H10Br2N2. The van der Waals surface area contributed by atoms with E-state index in [0.717, 1.165) is 15.7 Å². The number of aromatic nitrogens is 1. The molecule has 86 valence electrons. The molecule has 0 amide bonds. The molecule has 0 saturated heterocycles. The Morgan fingerprint density at radius 1 is 1.12 bits per heavy atom. The van der Waals surface area contributed by atoms with E-state index < -0.39 is 0 Å². The van der Waals surface area contributed by atoms with Crippen LogP contribution < -0.4 is 21.5 Å². The predicted octanol–water partition coefficient (Wildman–Crippen LogP) is -0.339. The van der Waals surface area contributed by atoms with Crippen LogP contribution in [-0.2, 0) is 6.54 Å². The molecule has 0 spiro atoms. The highest BCUT2D eigenvalue weighted by Gasteiger charge is 2.09. The third kappa shape index (κ3) is 3.39. The van der Waals surface area contributed by atoms with Gasteiger partial charge in [0.15, 0.2) is 12.7 Å². The molecule has 17 heavy (non-hydrogen) atoms. The molecular weight excluding hydrogens is 344 g/mol. The Morgan fingerprint density at radius 3 is 2.53 bits per heavy atom. The van der Waals surface area contributed by atoms with Gasteiger partial charge in [0.1, 0.15) is 0 Å². The second kappa shape index (κ2) is 6.53. The van der Waals surface area contributed by atoms with Gasteiger partial charge in [-0.3, -0.25) is 0 Å². The van der Waals surface area contributed by atoms with Gasteiger partial charge >= 0.3 is 0 Å². The Hall–Kier alpha value is -1.18. The van der Waals surface area contributed by atoms with Crippen molar-refractivity contribution in [3.8, 4) is 6.07 Å². The molecule has 1 aromatic heterocycles. The maximum Gasteiger partial charge on any atom is 0.248 e. The summed E-state index contributed by atoms with van der Waals surface area (Å²) in [7, 11) is 0. The van der Waals surface area contributed by atoms with Crippen molar-refractivity contribution in [1.29, 1.82) is 5.26 Å². The van der Waals surface area contributed by atoms with Crippen LogP contribution in [-0.4, -0.2) is 0 Å². The van der Waals surface area contributed by atoms with Crippen molar-refractivity contribution < 1.29 is 21.5 Å². The molecule has 4 heteroatoms. The number of nitrogens with zero attached hydrogens (tertiary/aromatic N) is 2. The van der Waals surface area contributed by atoms with Crippen LogP contribution in [0.15, 0.2) is 53.3 Å². The lowest BCUT2D eigenvalue weighted by Crippen LogP contribution is -3.00. The van der Waals surface area contributed by atoms with Gasteiger partial charge in [0.2, 0.25) is 4.60 Å². The van der Waals surface area contributed by atoms with Crippen molar-refractivity contribution >= 4 is 15.9 Å². The molecule has 0 bridgehead atoms. The van der Waals surface area contributed by atoms with Gasteiger partial charge < -0.3 is 17.0 Å². The average Bonchev–Trinajstić information content (AvgIpc) is 2.33. The first kappa shape index (κ1) is 13.9. The highest BCUT2D eigenvalue weighted by atomic mass is 79.9. The summed E-state index contributed by atoms with van der Waals surface area (Å²) >= 11 is 3.48. The van der Waals surface area contributed by atoms with E-state index in [9.17, 15) is 0 Å². The molecule has 0 aliphatic rings. The molecule has 1 aromatic carbocycles. The molecule has 2 aromatic rings. The van der Waals surface area contributed by atoms with Gasteiger partial charge in [-0.15, -0.1) is 0 Å². The zero-order valence-corrected chi connectivity index (χ0v) is 12.1. The molecule has 2 rings (SSSR count). The SMILES string of the molecule is N#Cc1ccccc1C[n+]1ccccc1Br.[Br-]. The lowest BCUT2D eigenvalue weighted by Gasteiger charge is -2.01. The first-order valence-corrected chi connectivity index (χ1v) is 5.72. The molecule has 0 fully saturated rings. The van der Waals surface area contributed by atoms with Gasteiger partial charge in [-0.05, 0) is 12.1 Å². The average molecular weight is 354 g/mol. The van der Waals surface area contributed by atoms with E-state index >= 15 is 0 Å². The third-order valence-corrected chi connectivity index (χ3v) is 3.08. The van der Waals surface area contributed by atoms with E-state index in [0.29, 0.717) is 6.54 Å². The van der Waals surface area contributed by atoms with Crippen LogP contribution >= 0.6 is 15.9 Å². The zero-order valence-electron chi connectivity index (χ0n) is 8.98. The summed E-state index contributed by atoms with van der Waals surface area (Å²) in [5.74, 6) is 0. The fourth-order valence-electron chi connectivity index (χ4n) is 1.53. The summed E-state index contributed by atoms with van der Waals surface area (Å²) in [4.78, 5) is 0. The van der Waals surface area contributed by atoms with E-state index in [1.54, 1.807) is 0 Å². The topological polar surface area (TPSA) is 27.7 Å². The van der Waals surface area contributed by atoms with Crippen LogP contribution in [0.3, 0.4) is 0 Å². The quantitative estimate of drug-likeness (QED) is 0.536. The summed E-state index contributed by atoms with van der Waals surface area (Å²) in [6, 6.07) is 15.8. The van der Waals surface area contributed by atoms with Crippen molar-refractivity contribution in [3.05, 3.63) is 64.4 Å². The van der Waals surface area contributed by atoms with Crippen LogP contribution in [0.4, 0.5) is 0 Å². The summed E-state index contributed by atoms with van der Waals surface area (Å²) in [6.07, 6.45) is 1.98. The molecule has 0 aliphatic carbocycles. The van der Waals surface area contributed by atoms with Gasteiger partial charge in [-0.25, -0.2) is 0 Å². The minimum atomic E-state index is 0. The van der Waals surface area contributed by atoms with Gasteiger partial charge in [0.25, 0.3) is 0 Å². The fraction of sp³-hybridized carbons (Fsp3) is 0.0769. The Labute approximate surface area is 119 Å². The van der Waals surface area contributed by atoms with Crippen LogP contribution in [0.2, 0.25) is 0 Å². The van der Waals surface area contributed by atoms with E-state index in [1.807, 2.05) is 48.7 Å². The van der Waals surface area contributed by atoms with Gasteiger partial charge in [0.05, 0.1) is 11.6 Å². The molecule has 0 atom stereocenters. The van der Waals surface area contributed by atoms with Gasteiger partial charge in [-0.1, -0.05) is 18.2 Å². The number of hydrogen-bond acceptors (Lipinski definition) is 1. The Bertz CT molecular complexity index is 547. The fourth-order valence-corrected chi connectivity index (χ4v) is 1.93. The number of nitriles is 1. The standard InChI is InChI=1S/C13H10BrN2.BrH/c14-13-7-3-4-8-16(13)10-12-6-2-1-5-11(12)9-15;/h1-8H,10H2;1H/q+1;/p-1. The van der Waals surface area contributed by atoms with Crippen molar-refractivity contribution in [2.45, 2.75) is 6.54 Å². The number of halogens is 2. The maximum atomic E-state index is 8.99. The number of rotatable bonds is 2. The van der Waals surface area contributed by atoms with Gasteiger partial charge in [0, 0.05) is 33.6 Å². The molecule has 0 N–H and O–H groups in total. The second-order valence-electron chi connectivity index (χ2n) is 3.42. The molecule has 0 unspecified atom stereocenters. The summed E-state index contributed by atoms with van der Waals surface area (Å²) in [5.41, 5.74) is 1.76. The van der Waals surface area contributed by atoms with Crippen LogP contribution in [0, 0.1) is 11.3 Å². The Kier molecular flexibility index (Phi) is 5.33. The van der Waals surface area contributed by atoms with Crippen molar-refractivity contribution in [1.82, 2.24) is 0 Å². The Balaban J connectivity index is 0.00000144. The third-order valence-electron chi connectivity index (χ3n) is 2.36. The van der Waals surface area contributed by atoms with Crippen LogP contribution in [0.1, 0.15) is 11.1 Å². The largest absolute Gasteiger partial charge is 1.00 e. The Morgan fingerprint density at radius 2 is 1.82 bits per heavy atom. The first-order chi connectivity index (χ1) is 7.81. The highest BCUT2D eigenvalue weighted by Crippen LogP contribution is 2.08. The summed E-state index contributed by atoms with van der Waals surface area (Å²) < 4.78 is 3.05. The van der Waals surface area contributed by atoms with E-state index in [-0.39, 0.29) is 17.0 Å². The molecule has 1 heterocycles. The molecule has 0 aliphatic heterocycles. The minimum absolute atomic E-state index is 0. The molecule has 0 radical (unpaired) electrons. The lowest BCUT2D eigenvalue weighted by atomic mass is 10.1. The van der Waals surface area contributed by atoms with E-state index in [4.69, 9.17) is 5.26 Å². The zero-order chi connectivity index (χ0) is 11.4. The summed E-state index contributed by atoms with van der Waals surface area (Å²) in [5, 5.41) is 8.99. The maximum absolute atomic E-state index is 8.99. The van der Waals surface area contributed by atoms with Crippen molar-refractivity contribution in [2.24, 2.45) is 0 Å². The number of pyridine rings is 1. The molecule has 0 saturated carbocycles. The monoisotopic (exact) mass is 352 g/mol. The first-order valence-electron chi connectivity index (χ1n) is 4.93. The van der Waals surface area contributed by atoms with Crippen LogP contribution in [0.5, 0.6) is 0 Å². The normalized spacial score (nSPS) is 9.18. The van der Waals surface area contributed by atoms with Crippen molar-refractivity contribution in [2.75, 3.05) is 0 Å². The van der Waals surface area contributed by atoms with E-state index in [2.05, 4.69) is 26.6 Å². The second-order valence-corrected chi connectivity index (χ2v) is 4.23.